The van der Waals surface area contributed by atoms with Crippen molar-refractivity contribution in [2.45, 2.75) is 37.5 Å². The molecule has 2 aliphatic carbocycles. The van der Waals surface area contributed by atoms with Gasteiger partial charge < -0.3 is 0 Å². The fourth-order valence-electron chi connectivity index (χ4n) is 3.50. The van der Waals surface area contributed by atoms with E-state index >= 15 is 0 Å². The first-order valence-corrected chi connectivity index (χ1v) is 10.2. The summed E-state index contributed by atoms with van der Waals surface area (Å²) in [5.74, 6) is 0. The fraction of sp³-hybridized carbons (Fsp3) is 0.333. The van der Waals surface area contributed by atoms with Crippen LogP contribution in [-0.4, -0.2) is 8.42 Å². The lowest BCUT2D eigenvalue weighted by molar-refractivity contribution is 0.568. The van der Waals surface area contributed by atoms with Crippen molar-refractivity contribution in [2.75, 3.05) is 0 Å². The van der Waals surface area contributed by atoms with E-state index in [9.17, 15) is 8.42 Å². The van der Waals surface area contributed by atoms with Gasteiger partial charge in [0.2, 0.25) is 10.0 Å². The normalized spacial score (nSPS) is 19.6. The van der Waals surface area contributed by atoms with Gasteiger partial charge in [-0.3, -0.25) is 0 Å². The molecule has 1 fully saturated rings. The highest BCUT2D eigenvalue weighted by atomic mass is 32.2. The molecule has 3 nitrogen and oxygen atoms in total. The molecule has 1 heterocycles. The van der Waals surface area contributed by atoms with Crippen molar-refractivity contribution in [2.24, 2.45) is 10.6 Å². The first-order chi connectivity index (χ1) is 10.9. The minimum atomic E-state index is -3.63. The molecule has 2 aromatic rings. The minimum Gasteiger partial charge on any atom is -0.225 e. The Labute approximate surface area is 140 Å². The summed E-state index contributed by atoms with van der Waals surface area (Å²) in [6, 6.07) is 9.30. The number of sulfonamides is 1. The van der Waals surface area contributed by atoms with E-state index < -0.39 is 10.0 Å². The second-order valence-electron chi connectivity index (χ2n) is 6.87. The first kappa shape index (κ1) is 15.1. The third-order valence-corrected chi connectivity index (χ3v) is 7.02. The van der Waals surface area contributed by atoms with Gasteiger partial charge in [-0.1, -0.05) is 12.1 Å². The van der Waals surface area contributed by atoms with E-state index in [0.717, 1.165) is 18.4 Å². The van der Waals surface area contributed by atoms with E-state index in [2.05, 4.69) is 18.4 Å². The predicted molar refractivity (Wildman–Crippen MR) is 94.6 cm³/mol. The van der Waals surface area contributed by atoms with E-state index in [1.807, 2.05) is 23.5 Å². The van der Waals surface area contributed by atoms with Crippen LogP contribution in [0.15, 0.2) is 40.6 Å². The number of thiophene rings is 1. The van der Waals surface area contributed by atoms with Crippen LogP contribution in [0.25, 0.3) is 11.1 Å². The van der Waals surface area contributed by atoms with E-state index in [0.29, 0.717) is 5.41 Å². The second-order valence-corrected chi connectivity index (χ2v) is 9.34. The summed E-state index contributed by atoms with van der Waals surface area (Å²) in [6.45, 7) is 2.13. The number of hydrogen-bond donors (Lipinski definition) is 1. The fourth-order valence-corrected chi connectivity index (χ4v) is 4.99. The standard InChI is InChI=1S/C18H19NO2S2/c1-12-8-17(22-11-12)16-10-18(6-7-18)9-15(16)13-2-4-14(5-3-13)23(19,20)21/h2-5,8,11H,6-7,9-10H2,1H3,(H2,19,20,21). The van der Waals surface area contributed by atoms with E-state index in [1.54, 1.807) is 12.1 Å². The van der Waals surface area contributed by atoms with Gasteiger partial charge in [-0.2, -0.15) is 0 Å². The molecule has 0 radical (unpaired) electrons. The molecule has 2 N–H and O–H groups in total. The Morgan fingerprint density at radius 2 is 1.74 bits per heavy atom. The molecular formula is C18H19NO2S2. The molecule has 1 saturated carbocycles. The summed E-state index contributed by atoms with van der Waals surface area (Å²) in [6.07, 6.45) is 4.87. The summed E-state index contributed by atoms with van der Waals surface area (Å²) in [5, 5.41) is 7.39. The molecule has 23 heavy (non-hydrogen) atoms. The molecule has 0 saturated heterocycles. The number of nitrogens with two attached hydrogens (primary N) is 1. The molecule has 0 aliphatic heterocycles. The van der Waals surface area contributed by atoms with Gasteiger partial charge in [-0.15, -0.1) is 11.3 Å². The average Bonchev–Trinajstić information content (AvgIpc) is 2.93. The summed E-state index contributed by atoms with van der Waals surface area (Å²) >= 11 is 1.81. The van der Waals surface area contributed by atoms with Gasteiger partial charge in [0.15, 0.2) is 0 Å². The van der Waals surface area contributed by atoms with Crippen LogP contribution in [0.1, 0.15) is 41.7 Å². The van der Waals surface area contributed by atoms with Crippen molar-refractivity contribution in [3.63, 3.8) is 0 Å². The maximum atomic E-state index is 11.4. The molecule has 0 bridgehead atoms. The minimum absolute atomic E-state index is 0.175. The topological polar surface area (TPSA) is 60.2 Å². The zero-order valence-corrected chi connectivity index (χ0v) is 14.6. The molecule has 0 unspecified atom stereocenters. The van der Waals surface area contributed by atoms with Crippen LogP contribution in [0.2, 0.25) is 0 Å². The Morgan fingerprint density at radius 3 is 2.26 bits per heavy atom. The third-order valence-electron chi connectivity index (χ3n) is 4.98. The molecule has 2 aliphatic rings. The highest BCUT2D eigenvalue weighted by Gasteiger charge is 2.48. The molecule has 5 heteroatoms. The Hall–Kier alpha value is -1.43. The van der Waals surface area contributed by atoms with Crippen molar-refractivity contribution in [1.29, 1.82) is 0 Å². The number of aryl methyl sites for hydroxylation is 1. The average molecular weight is 345 g/mol. The Morgan fingerprint density at radius 1 is 1.09 bits per heavy atom. The summed E-state index contributed by atoms with van der Waals surface area (Å²) < 4.78 is 22.9. The van der Waals surface area contributed by atoms with Gasteiger partial charge in [0, 0.05) is 4.88 Å². The van der Waals surface area contributed by atoms with Crippen LogP contribution in [0.3, 0.4) is 0 Å². The highest BCUT2D eigenvalue weighted by molar-refractivity contribution is 7.89. The molecule has 1 spiro atoms. The lowest BCUT2D eigenvalue weighted by Gasteiger charge is -2.08. The van der Waals surface area contributed by atoms with Crippen LogP contribution >= 0.6 is 11.3 Å². The number of rotatable bonds is 3. The van der Waals surface area contributed by atoms with Gasteiger partial charge in [-0.25, -0.2) is 13.6 Å². The van der Waals surface area contributed by atoms with Crippen molar-refractivity contribution in [1.82, 2.24) is 0 Å². The number of hydrogen-bond acceptors (Lipinski definition) is 3. The molecule has 0 atom stereocenters. The van der Waals surface area contributed by atoms with Crippen molar-refractivity contribution < 1.29 is 8.42 Å². The lowest BCUT2D eigenvalue weighted by Crippen LogP contribution is -2.11. The number of primary sulfonamides is 1. The zero-order valence-electron chi connectivity index (χ0n) is 13.0. The Bertz CT molecular complexity index is 901. The van der Waals surface area contributed by atoms with Crippen molar-refractivity contribution >= 4 is 32.5 Å². The van der Waals surface area contributed by atoms with Crippen LogP contribution in [-0.2, 0) is 10.0 Å². The highest BCUT2D eigenvalue weighted by Crippen LogP contribution is 2.63. The number of benzene rings is 1. The van der Waals surface area contributed by atoms with Gasteiger partial charge in [0.05, 0.1) is 4.90 Å². The van der Waals surface area contributed by atoms with Crippen molar-refractivity contribution in [3.8, 4) is 0 Å². The Kier molecular flexibility index (Phi) is 3.31. The molecule has 1 aromatic carbocycles. The second kappa shape index (κ2) is 5.03. The largest absolute Gasteiger partial charge is 0.238 e. The van der Waals surface area contributed by atoms with E-state index in [1.165, 1.54) is 34.4 Å². The van der Waals surface area contributed by atoms with Crippen LogP contribution < -0.4 is 5.14 Å². The SMILES string of the molecule is Cc1csc(C2=C(c3ccc(S(N)(=O)=O)cc3)CC3(CC3)C2)c1. The van der Waals surface area contributed by atoms with Gasteiger partial charge in [-0.05, 0) is 83.9 Å². The van der Waals surface area contributed by atoms with Gasteiger partial charge >= 0.3 is 0 Å². The quantitative estimate of drug-likeness (QED) is 0.907. The van der Waals surface area contributed by atoms with E-state index in [4.69, 9.17) is 5.14 Å². The van der Waals surface area contributed by atoms with Crippen LogP contribution in [0.5, 0.6) is 0 Å². The van der Waals surface area contributed by atoms with Crippen LogP contribution in [0, 0.1) is 12.3 Å². The molecule has 1 aromatic heterocycles. The Balaban J connectivity index is 1.77. The zero-order chi connectivity index (χ0) is 16.2. The van der Waals surface area contributed by atoms with Crippen LogP contribution in [0.4, 0.5) is 0 Å². The lowest BCUT2D eigenvalue weighted by atomic mass is 9.99. The summed E-state index contributed by atoms with van der Waals surface area (Å²) in [4.78, 5) is 1.53. The maximum Gasteiger partial charge on any atom is 0.238 e. The predicted octanol–water partition coefficient (Wildman–Crippen LogP) is 4.19. The monoisotopic (exact) mass is 345 g/mol. The molecule has 4 rings (SSSR count). The summed E-state index contributed by atoms with van der Waals surface area (Å²) in [7, 11) is -3.63. The number of allylic oxidation sites excluding steroid dienone is 2. The maximum absolute atomic E-state index is 11.4. The van der Waals surface area contributed by atoms with Gasteiger partial charge in [0.1, 0.15) is 0 Å². The molecule has 120 valence electrons. The summed E-state index contributed by atoms with van der Waals surface area (Å²) in [5.41, 5.74) is 5.73. The van der Waals surface area contributed by atoms with E-state index in [-0.39, 0.29) is 4.90 Å². The first-order valence-electron chi connectivity index (χ1n) is 7.77. The van der Waals surface area contributed by atoms with Gasteiger partial charge in [0.25, 0.3) is 0 Å². The van der Waals surface area contributed by atoms with Crippen molar-refractivity contribution in [3.05, 3.63) is 51.7 Å². The smallest absolute Gasteiger partial charge is 0.225 e. The molecule has 0 amide bonds. The molecular weight excluding hydrogens is 326 g/mol. The third kappa shape index (κ3) is 2.77.